The number of unbranched alkanes of at least 4 members (excludes halogenated alkanes) is 1. The molecule has 24 nitrogen and oxygen atoms in total. The molecule has 4 rings (SSSR count). The van der Waals surface area contributed by atoms with Crippen LogP contribution in [0.2, 0.25) is 0 Å². The maximum atomic E-state index is 10.4. The van der Waals surface area contributed by atoms with Crippen LogP contribution in [0.25, 0.3) is 0 Å². The van der Waals surface area contributed by atoms with Crippen LogP contribution in [0.4, 0.5) is 0 Å². The first-order valence-electron chi connectivity index (χ1n) is 18.9. The van der Waals surface area contributed by atoms with E-state index in [1.807, 2.05) is 0 Å². The molecule has 0 spiro atoms. The van der Waals surface area contributed by atoms with Crippen molar-refractivity contribution < 1.29 is 79.5 Å². The Morgan fingerprint density at radius 3 is 1.15 bits per heavy atom. The van der Waals surface area contributed by atoms with Crippen molar-refractivity contribution in [1.29, 1.82) is 0 Å². The van der Waals surface area contributed by atoms with Gasteiger partial charge in [0.05, 0.1) is 6.61 Å². The first-order chi connectivity index (χ1) is 28.0. The van der Waals surface area contributed by atoms with E-state index in [4.69, 9.17) is 74.6 Å². The molecule has 3 aliphatic rings. The van der Waals surface area contributed by atoms with Crippen molar-refractivity contribution in [3.05, 3.63) is 29.8 Å². The summed E-state index contributed by atoms with van der Waals surface area (Å²) in [5.41, 5.74) is 26.1. The lowest BCUT2D eigenvalue weighted by atomic mass is 10.1. The molecule has 1 aromatic rings. The van der Waals surface area contributed by atoms with Crippen LogP contribution < -0.4 is 44.6 Å². The number of carbonyl (C=O) groups is 7. The van der Waals surface area contributed by atoms with Gasteiger partial charge < -0.3 is 90.6 Å². The van der Waals surface area contributed by atoms with Gasteiger partial charge >= 0.3 is 41.8 Å². The zero-order chi connectivity index (χ0) is 46.8. The Bertz CT molecular complexity index is 1310. The fraction of sp³-hybridized carbons (Fsp3) is 0.639. The minimum absolute atomic E-state index is 0.160. The van der Waals surface area contributed by atoms with Crippen molar-refractivity contribution in [2.45, 2.75) is 113 Å². The number of aliphatic hydroxyl groups is 1. The number of aliphatic carboxylic acids is 7. The van der Waals surface area contributed by atoms with Crippen LogP contribution in [-0.4, -0.2) is 163 Å². The van der Waals surface area contributed by atoms with E-state index in [2.05, 4.69) is 16.0 Å². The molecule has 22 N–H and O–H groups in total. The van der Waals surface area contributed by atoms with Crippen LogP contribution in [-0.2, 0) is 40.0 Å². The summed E-state index contributed by atoms with van der Waals surface area (Å²) in [6.45, 7) is 4.09. The SMILES string of the molecule is C[C@H](N)C(=O)O.NCCCC[C@H](N)C(=O)O.N[C@@H](CO)C(=O)O.N[C@@H](Cc1ccc(O)cc1)C(=O)O.O=C(O)[C@@H]1CCCN1.O=C(O)[C@@H]1CCCN1.O=C(O)[C@@H]1CCCN1. The first kappa shape index (κ1) is 59.3. The van der Waals surface area contributed by atoms with E-state index in [1.165, 1.54) is 19.1 Å². The zero-order valence-corrected chi connectivity index (χ0v) is 33.7. The van der Waals surface area contributed by atoms with Gasteiger partial charge in [0.2, 0.25) is 0 Å². The second-order valence-electron chi connectivity index (χ2n) is 13.3. The van der Waals surface area contributed by atoms with Gasteiger partial charge in [-0.15, -0.1) is 0 Å². The number of hydrogen-bond acceptors (Lipinski definition) is 17. The van der Waals surface area contributed by atoms with Gasteiger partial charge in [0.1, 0.15) is 48.0 Å². The van der Waals surface area contributed by atoms with Crippen LogP contribution >= 0.6 is 0 Å². The minimum Gasteiger partial charge on any atom is -0.508 e. The van der Waals surface area contributed by atoms with Crippen molar-refractivity contribution in [1.82, 2.24) is 16.0 Å². The molecular weight excluding hydrogens is 800 g/mol. The number of aromatic hydroxyl groups is 1. The lowest BCUT2D eigenvalue weighted by molar-refractivity contribution is -0.140. The maximum Gasteiger partial charge on any atom is 0.322 e. The fourth-order valence-corrected chi connectivity index (χ4v) is 4.37. The largest absolute Gasteiger partial charge is 0.508 e. The van der Waals surface area contributed by atoms with E-state index in [1.54, 1.807) is 12.1 Å². The van der Waals surface area contributed by atoms with Gasteiger partial charge in [-0.05, 0) is 109 Å². The monoisotopic (exact) mass is 866 g/mol. The Kier molecular flexibility index (Phi) is 35.4. The first-order valence-corrected chi connectivity index (χ1v) is 18.9. The predicted molar refractivity (Wildman–Crippen MR) is 216 cm³/mol. The maximum absolute atomic E-state index is 10.4. The summed E-state index contributed by atoms with van der Waals surface area (Å²) in [7, 11) is 0. The van der Waals surface area contributed by atoms with Crippen molar-refractivity contribution in [3.8, 4) is 5.75 Å². The Balaban J connectivity index is -0.000000641. The molecule has 3 heterocycles. The fourth-order valence-electron chi connectivity index (χ4n) is 4.37. The third-order valence-electron chi connectivity index (χ3n) is 7.97. The van der Waals surface area contributed by atoms with Gasteiger partial charge in [-0.1, -0.05) is 18.6 Å². The molecule has 24 heteroatoms. The molecule has 346 valence electrons. The molecule has 0 saturated carbocycles. The number of carboxylic acid groups (broad SMARTS) is 7. The highest BCUT2D eigenvalue weighted by molar-refractivity contribution is 5.75. The molecule has 0 amide bonds. The smallest absolute Gasteiger partial charge is 0.322 e. The normalized spacial score (nSPS) is 19.1. The van der Waals surface area contributed by atoms with Crippen molar-refractivity contribution in [2.75, 3.05) is 32.8 Å². The van der Waals surface area contributed by atoms with Crippen LogP contribution in [0.15, 0.2) is 24.3 Å². The molecule has 7 atom stereocenters. The third kappa shape index (κ3) is 33.9. The molecule has 60 heavy (non-hydrogen) atoms. The molecule has 0 unspecified atom stereocenters. The molecule has 3 fully saturated rings. The Morgan fingerprint density at radius 1 is 0.600 bits per heavy atom. The van der Waals surface area contributed by atoms with E-state index < -0.39 is 72.6 Å². The second-order valence-corrected chi connectivity index (χ2v) is 13.3. The highest BCUT2D eigenvalue weighted by Gasteiger charge is 2.21. The van der Waals surface area contributed by atoms with Crippen molar-refractivity contribution in [3.63, 3.8) is 0 Å². The number of phenolic OH excluding ortho intramolecular Hbond substituents is 1. The zero-order valence-electron chi connectivity index (χ0n) is 33.7. The molecule has 0 bridgehead atoms. The number of nitrogens with two attached hydrogens (primary N) is 5. The highest BCUT2D eigenvalue weighted by Crippen LogP contribution is 2.11. The molecule has 0 radical (unpaired) electrons. The van der Waals surface area contributed by atoms with Gasteiger partial charge in [0, 0.05) is 0 Å². The summed E-state index contributed by atoms with van der Waals surface area (Å²) < 4.78 is 0. The number of hydrogen-bond donors (Lipinski definition) is 17. The summed E-state index contributed by atoms with van der Waals surface area (Å²) >= 11 is 0. The average Bonchev–Trinajstić information content (AvgIpc) is 4.02. The van der Waals surface area contributed by atoms with Crippen LogP contribution in [0, 0.1) is 0 Å². The summed E-state index contributed by atoms with van der Waals surface area (Å²) in [5.74, 6) is -6.09. The quantitative estimate of drug-likeness (QED) is 0.0837. The molecule has 3 saturated heterocycles. The summed E-state index contributed by atoms with van der Waals surface area (Å²) in [6.07, 6.45) is 7.79. The summed E-state index contributed by atoms with van der Waals surface area (Å²) in [4.78, 5) is 70.2. The van der Waals surface area contributed by atoms with E-state index in [0.29, 0.717) is 13.0 Å². The number of nitrogens with one attached hydrogen (secondary N) is 3. The Hall–Kier alpha value is -5.05. The molecule has 3 aliphatic heterocycles. The molecule has 0 aromatic heterocycles. The lowest BCUT2D eigenvalue weighted by Crippen LogP contribution is -2.33. The van der Waals surface area contributed by atoms with Crippen molar-refractivity contribution in [2.24, 2.45) is 28.7 Å². The number of carboxylic acids is 7. The topological polar surface area (TPSA) is 468 Å². The second kappa shape index (κ2) is 35.9. The lowest BCUT2D eigenvalue weighted by Gasteiger charge is -2.05. The molecule has 0 aliphatic carbocycles. The minimum atomic E-state index is -1.18. The van der Waals surface area contributed by atoms with E-state index in [9.17, 15) is 33.6 Å². The van der Waals surface area contributed by atoms with Crippen molar-refractivity contribution >= 4 is 41.8 Å². The van der Waals surface area contributed by atoms with Crippen LogP contribution in [0.3, 0.4) is 0 Å². The van der Waals surface area contributed by atoms with E-state index in [-0.39, 0.29) is 30.3 Å². The molecular formula is C36H66N8O16. The van der Waals surface area contributed by atoms with Crippen LogP contribution in [0.5, 0.6) is 5.75 Å². The number of rotatable bonds is 14. The summed E-state index contributed by atoms with van der Waals surface area (Å²) in [5, 5.41) is 83.2. The van der Waals surface area contributed by atoms with E-state index >= 15 is 0 Å². The summed E-state index contributed by atoms with van der Waals surface area (Å²) in [6, 6.07) is 2.05. The van der Waals surface area contributed by atoms with Gasteiger partial charge in [-0.25, -0.2) is 0 Å². The number of phenols is 1. The molecule has 1 aromatic carbocycles. The average molecular weight is 867 g/mol. The van der Waals surface area contributed by atoms with Gasteiger partial charge in [-0.2, -0.15) is 0 Å². The Morgan fingerprint density at radius 2 is 0.950 bits per heavy atom. The van der Waals surface area contributed by atoms with Gasteiger partial charge in [0.25, 0.3) is 0 Å². The van der Waals surface area contributed by atoms with Gasteiger partial charge in [0.15, 0.2) is 0 Å². The van der Waals surface area contributed by atoms with E-state index in [0.717, 1.165) is 76.6 Å². The Labute approximate surface area is 347 Å². The van der Waals surface area contributed by atoms with Gasteiger partial charge in [-0.3, -0.25) is 33.6 Å². The third-order valence-corrected chi connectivity index (χ3v) is 7.97. The van der Waals surface area contributed by atoms with Crippen LogP contribution in [0.1, 0.15) is 70.3 Å². The highest BCUT2D eigenvalue weighted by atomic mass is 16.4. The standard InChI is InChI=1S/C9H11NO3.C6H14N2O2.3C5H9NO2.C3H7NO3.C3H7NO2/c10-8(9(12)13)5-6-1-3-7(11)4-2-6;7-4-2-1-3-5(8)6(9)10;3*7-5(8)4-2-1-3-6-4;4-2(1-5)3(6)7;1-2(4)3(5)6/h1-4,8,11H,5,10H2,(H,12,13);5H,1-4,7-8H2,(H,9,10);3*4,6H,1-3H2,(H,7,8);2,5H,1,4H2,(H,6,7);2H,4H2,1H3,(H,5,6)/t8-;5-;3*4-;2*2-/m0000000/s1. The number of benzene rings is 1. The predicted octanol–water partition coefficient (Wildman–Crippen LogP) is -2.85. The number of aliphatic hydroxyl groups excluding tert-OH is 1.